The van der Waals surface area contributed by atoms with Gasteiger partial charge in [-0.25, -0.2) is 4.39 Å². The molecule has 0 aliphatic carbocycles. The van der Waals surface area contributed by atoms with Crippen LogP contribution in [0, 0.1) is 12.7 Å². The average molecular weight is 333 g/mol. The van der Waals surface area contributed by atoms with Crippen LogP contribution < -0.4 is 0 Å². The Labute approximate surface area is 147 Å². The van der Waals surface area contributed by atoms with E-state index < -0.39 is 0 Å². The van der Waals surface area contributed by atoms with Gasteiger partial charge in [0.25, 0.3) is 0 Å². The molecule has 0 spiro atoms. The summed E-state index contributed by atoms with van der Waals surface area (Å²) >= 11 is 0. The first kappa shape index (κ1) is 20.5. The Kier molecular flexibility index (Phi) is 8.81. The predicted octanol–water partition coefficient (Wildman–Crippen LogP) is 6.81. The van der Waals surface area contributed by atoms with Crippen molar-refractivity contribution in [2.24, 2.45) is 0 Å². The maximum Gasteiger partial charge on any atom is 0.129 e. The number of phenolic OH excluding ortho intramolecular Hbond substituents is 1. The standard InChI is InChI=1S/C22H33FO/c1-6-7-8-12-19-15-21(24)20(18(5)22(19)23)14-13-17(4)11-9-10-16(2)3/h10,13,15,24H,6-9,11-12,14H2,1-5H3/b17-13+. The number of hydrogen-bond donors (Lipinski definition) is 1. The van der Waals surface area contributed by atoms with Crippen LogP contribution in [0.5, 0.6) is 5.75 Å². The van der Waals surface area contributed by atoms with E-state index in [1.807, 2.05) is 0 Å². The third-order valence-electron chi connectivity index (χ3n) is 4.48. The molecular formula is C22H33FO. The monoisotopic (exact) mass is 332 g/mol. The van der Waals surface area contributed by atoms with Gasteiger partial charge in [0.15, 0.2) is 0 Å². The van der Waals surface area contributed by atoms with Crippen LogP contribution in [0.25, 0.3) is 0 Å². The molecule has 0 radical (unpaired) electrons. The fourth-order valence-corrected chi connectivity index (χ4v) is 2.85. The Balaban J connectivity index is 2.81. The van der Waals surface area contributed by atoms with Crippen molar-refractivity contribution < 1.29 is 9.50 Å². The molecule has 2 heteroatoms. The van der Waals surface area contributed by atoms with E-state index in [4.69, 9.17) is 0 Å². The minimum Gasteiger partial charge on any atom is -0.508 e. The Morgan fingerprint density at radius 1 is 1.17 bits per heavy atom. The van der Waals surface area contributed by atoms with E-state index in [-0.39, 0.29) is 11.6 Å². The lowest BCUT2D eigenvalue weighted by Crippen LogP contribution is -2.00. The zero-order valence-corrected chi connectivity index (χ0v) is 16.0. The summed E-state index contributed by atoms with van der Waals surface area (Å²) in [4.78, 5) is 0. The molecule has 0 bridgehead atoms. The molecule has 1 nitrogen and oxygen atoms in total. The highest BCUT2D eigenvalue weighted by Gasteiger charge is 2.14. The molecule has 1 aromatic carbocycles. The van der Waals surface area contributed by atoms with Gasteiger partial charge in [0.05, 0.1) is 0 Å². The van der Waals surface area contributed by atoms with Crippen molar-refractivity contribution in [2.75, 3.05) is 0 Å². The van der Waals surface area contributed by atoms with E-state index in [2.05, 4.69) is 39.8 Å². The maximum absolute atomic E-state index is 14.5. The topological polar surface area (TPSA) is 20.2 Å². The third kappa shape index (κ3) is 6.51. The SMILES string of the molecule is CCCCCc1cc(O)c(C/C=C(\C)CCC=C(C)C)c(C)c1F. The molecule has 0 saturated carbocycles. The van der Waals surface area contributed by atoms with E-state index in [1.54, 1.807) is 13.0 Å². The molecular weight excluding hydrogens is 299 g/mol. The predicted molar refractivity (Wildman–Crippen MR) is 102 cm³/mol. The van der Waals surface area contributed by atoms with Crippen LogP contribution in [-0.2, 0) is 12.8 Å². The highest BCUT2D eigenvalue weighted by atomic mass is 19.1. The van der Waals surface area contributed by atoms with Crippen LogP contribution >= 0.6 is 0 Å². The van der Waals surface area contributed by atoms with Gasteiger partial charge in [-0.15, -0.1) is 0 Å². The van der Waals surface area contributed by atoms with Crippen LogP contribution in [0.15, 0.2) is 29.4 Å². The third-order valence-corrected chi connectivity index (χ3v) is 4.48. The molecule has 1 N–H and O–H groups in total. The lowest BCUT2D eigenvalue weighted by Gasteiger charge is -2.13. The summed E-state index contributed by atoms with van der Waals surface area (Å²) in [6.45, 7) is 10.2. The highest BCUT2D eigenvalue weighted by molar-refractivity contribution is 5.45. The Hall–Kier alpha value is -1.57. The minimum absolute atomic E-state index is 0.144. The molecule has 134 valence electrons. The molecule has 24 heavy (non-hydrogen) atoms. The van der Waals surface area contributed by atoms with Gasteiger partial charge >= 0.3 is 0 Å². The highest BCUT2D eigenvalue weighted by Crippen LogP contribution is 2.29. The summed E-state index contributed by atoms with van der Waals surface area (Å²) in [6, 6.07) is 1.62. The van der Waals surface area contributed by atoms with Crippen LogP contribution in [0.2, 0.25) is 0 Å². The van der Waals surface area contributed by atoms with Crippen molar-refractivity contribution >= 4 is 0 Å². The number of rotatable bonds is 9. The van der Waals surface area contributed by atoms with E-state index in [9.17, 15) is 9.50 Å². The molecule has 0 heterocycles. The lowest BCUT2D eigenvalue weighted by molar-refractivity contribution is 0.463. The Bertz CT molecular complexity index is 592. The van der Waals surface area contributed by atoms with E-state index in [0.717, 1.165) is 32.1 Å². The second-order valence-electron chi connectivity index (χ2n) is 7.00. The number of allylic oxidation sites excluding steroid dienone is 4. The minimum atomic E-state index is -0.144. The van der Waals surface area contributed by atoms with Crippen molar-refractivity contribution in [3.63, 3.8) is 0 Å². The second kappa shape index (κ2) is 10.3. The maximum atomic E-state index is 14.5. The van der Waals surface area contributed by atoms with Crippen molar-refractivity contribution in [3.05, 3.63) is 51.9 Å². The van der Waals surface area contributed by atoms with Gasteiger partial charge in [-0.2, -0.15) is 0 Å². The first-order valence-corrected chi connectivity index (χ1v) is 9.15. The second-order valence-corrected chi connectivity index (χ2v) is 7.00. The average Bonchev–Trinajstić information content (AvgIpc) is 2.51. The number of benzene rings is 1. The van der Waals surface area contributed by atoms with Crippen molar-refractivity contribution in [1.29, 1.82) is 0 Å². The Morgan fingerprint density at radius 2 is 1.88 bits per heavy atom. The summed E-state index contributed by atoms with van der Waals surface area (Å²) in [5.41, 5.74) is 4.56. The van der Waals surface area contributed by atoms with Gasteiger partial charge in [-0.1, -0.05) is 43.1 Å². The van der Waals surface area contributed by atoms with Crippen LogP contribution in [0.3, 0.4) is 0 Å². The first-order chi connectivity index (χ1) is 11.4. The summed E-state index contributed by atoms with van der Waals surface area (Å²) < 4.78 is 14.5. The molecule has 0 aliphatic heterocycles. The number of phenols is 1. The van der Waals surface area contributed by atoms with Gasteiger partial charge in [-0.3, -0.25) is 0 Å². The van der Waals surface area contributed by atoms with Crippen molar-refractivity contribution in [3.8, 4) is 5.75 Å². The molecule has 0 aliphatic rings. The normalized spacial score (nSPS) is 11.7. The molecule has 1 aromatic rings. The van der Waals surface area contributed by atoms with Gasteiger partial charge in [0.1, 0.15) is 11.6 Å². The van der Waals surface area contributed by atoms with Crippen LogP contribution in [0.1, 0.15) is 76.5 Å². The number of hydrogen-bond acceptors (Lipinski definition) is 1. The molecule has 1 rings (SSSR count). The van der Waals surface area contributed by atoms with E-state index in [0.29, 0.717) is 29.5 Å². The molecule has 0 fully saturated rings. The number of aryl methyl sites for hydroxylation is 1. The van der Waals surface area contributed by atoms with Gasteiger partial charge in [-0.05, 0) is 77.0 Å². The molecule has 0 amide bonds. The van der Waals surface area contributed by atoms with Crippen LogP contribution in [0.4, 0.5) is 4.39 Å². The van der Waals surface area contributed by atoms with Gasteiger partial charge in [0.2, 0.25) is 0 Å². The zero-order chi connectivity index (χ0) is 18.1. The van der Waals surface area contributed by atoms with E-state index >= 15 is 0 Å². The first-order valence-electron chi connectivity index (χ1n) is 9.15. The summed E-state index contributed by atoms with van der Waals surface area (Å²) in [7, 11) is 0. The molecule has 0 atom stereocenters. The van der Waals surface area contributed by atoms with Gasteiger partial charge in [0, 0.05) is 5.56 Å². The smallest absolute Gasteiger partial charge is 0.129 e. The lowest BCUT2D eigenvalue weighted by atomic mass is 9.96. The quantitative estimate of drug-likeness (QED) is 0.389. The van der Waals surface area contributed by atoms with Gasteiger partial charge < -0.3 is 5.11 Å². The number of unbranched alkanes of at least 4 members (excludes halogenated alkanes) is 2. The van der Waals surface area contributed by atoms with E-state index in [1.165, 1.54) is 11.1 Å². The van der Waals surface area contributed by atoms with Crippen LogP contribution in [-0.4, -0.2) is 5.11 Å². The molecule has 0 aromatic heterocycles. The fraction of sp³-hybridized carbons (Fsp3) is 0.545. The largest absolute Gasteiger partial charge is 0.508 e. The molecule has 0 saturated heterocycles. The zero-order valence-electron chi connectivity index (χ0n) is 16.0. The number of halogens is 1. The fourth-order valence-electron chi connectivity index (χ4n) is 2.85. The Morgan fingerprint density at radius 3 is 2.50 bits per heavy atom. The molecule has 0 unspecified atom stereocenters. The number of aromatic hydroxyl groups is 1. The summed E-state index contributed by atoms with van der Waals surface area (Å²) in [5.74, 6) is 0.0863. The summed E-state index contributed by atoms with van der Waals surface area (Å²) in [6.07, 6.45) is 10.8. The van der Waals surface area contributed by atoms with Crippen molar-refractivity contribution in [2.45, 2.75) is 79.6 Å². The summed E-state index contributed by atoms with van der Waals surface area (Å²) in [5, 5.41) is 10.3. The van der Waals surface area contributed by atoms with Crippen molar-refractivity contribution in [1.82, 2.24) is 0 Å².